The molecule has 0 aromatic carbocycles. The van der Waals surface area contributed by atoms with Gasteiger partial charge in [-0.3, -0.25) is 0 Å². The van der Waals surface area contributed by atoms with Gasteiger partial charge in [-0.25, -0.2) is 0 Å². The molecule has 1 rings (SSSR count). The Kier molecular flexibility index (Phi) is 2.90. The molecule has 0 aliphatic heterocycles. The van der Waals surface area contributed by atoms with E-state index >= 15 is 0 Å². The molecule has 66 valence electrons. The Labute approximate surface area is 69.8 Å². The second-order valence-electron chi connectivity index (χ2n) is 3.87. The number of hydrogen-bond acceptors (Lipinski definition) is 2. The van der Waals surface area contributed by atoms with Crippen molar-refractivity contribution in [2.75, 3.05) is 26.7 Å². The number of hydrogen-bond donors (Lipinski definition) is 1. The van der Waals surface area contributed by atoms with Crippen molar-refractivity contribution in [3.05, 3.63) is 0 Å². The van der Waals surface area contributed by atoms with Gasteiger partial charge in [0.2, 0.25) is 0 Å². The van der Waals surface area contributed by atoms with Crippen LogP contribution in [0.2, 0.25) is 0 Å². The molecule has 2 heteroatoms. The summed E-state index contributed by atoms with van der Waals surface area (Å²) in [6.45, 7) is 5.48. The highest BCUT2D eigenvalue weighted by atomic mass is 15.1. The van der Waals surface area contributed by atoms with Crippen LogP contribution in [0, 0.1) is 5.41 Å². The molecule has 1 aliphatic rings. The van der Waals surface area contributed by atoms with Gasteiger partial charge in [0.15, 0.2) is 0 Å². The Hall–Kier alpha value is -0.0800. The van der Waals surface area contributed by atoms with Gasteiger partial charge in [-0.2, -0.15) is 0 Å². The van der Waals surface area contributed by atoms with Gasteiger partial charge in [0.05, 0.1) is 0 Å². The Morgan fingerprint density at radius 1 is 1.45 bits per heavy atom. The first-order valence-electron chi connectivity index (χ1n) is 4.61. The van der Waals surface area contributed by atoms with Crippen LogP contribution < -0.4 is 5.73 Å². The minimum atomic E-state index is 0.625. The Morgan fingerprint density at radius 2 is 2.09 bits per heavy atom. The summed E-state index contributed by atoms with van der Waals surface area (Å²) in [7, 11) is 2.19. The van der Waals surface area contributed by atoms with E-state index in [1.54, 1.807) is 0 Å². The molecule has 0 aromatic heterocycles. The standard InChI is InChI=1S/C9H20N2/c1-3-11(2)8-9(4-5-9)6-7-10/h3-8,10H2,1-2H3. The number of nitrogens with zero attached hydrogens (tertiary/aromatic N) is 1. The molecule has 0 saturated heterocycles. The fraction of sp³-hybridized carbons (Fsp3) is 1.00. The second kappa shape index (κ2) is 3.55. The lowest BCUT2D eigenvalue weighted by Crippen LogP contribution is -2.27. The molecular formula is C9H20N2. The monoisotopic (exact) mass is 156 g/mol. The van der Waals surface area contributed by atoms with Crippen LogP contribution in [-0.4, -0.2) is 31.6 Å². The highest BCUT2D eigenvalue weighted by Gasteiger charge is 2.41. The van der Waals surface area contributed by atoms with E-state index in [9.17, 15) is 0 Å². The van der Waals surface area contributed by atoms with E-state index in [0.717, 1.165) is 13.1 Å². The van der Waals surface area contributed by atoms with E-state index in [-0.39, 0.29) is 0 Å². The van der Waals surface area contributed by atoms with Crippen molar-refractivity contribution in [3.63, 3.8) is 0 Å². The van der Waals surface area contributed by atoms with Gasteiger partial charge in [-0.05, 0) is 44.8 Å². The van der Waals surface area contributed by atoms with Crippen LogP contribution in [0.15, 0.2) is 0 Å². The fourth-order valence-electron chi connectivity index (χ4n) is 1.65. The van der Waals surface area contributed by atoms with Gasteiger partial charge in [-0.1, -0.05) is 6.92 Å². The summed E-state index contributed by atoms with van der Waals surface area (Å²) in [5, 5.41) is 0. The van der Waals surface area contributed by atoms with Crippen molar-refractivity contribution in [3.8, 4) is 0 Å². The summed E-state index contributed by atoms with van der Waals surface area (Å²) in [4.78, 5) is 2.39. The van der Waals surface area contributed by atoms with Gasteiger partial charge >= 0.3 is 0 Å². The van der Waals surface area contributed by atoms with E-state index in [1.165, 1.54) is 25.8 Å². The third-order valence-corrected chi connectivity index (χ3v) is 2.78. The first kappa shape index (κ1) is 9.01. The first-order chi connectivity index (χ1) is 5.22. The predicted molar refractivity (Wildman–Crippen MR) is 48.5 cm³/mol. The van der Waals surface area contributed by atoms with Crippen molar-refractivity contribution in [2.24, 2.45) is 11.1 Å². The molecule has 0 unspecified atom stereocenters. The molecule has 0 aromatic rings. The lowest BCUT2D eigenvalue weighted by atomic mass is 10.0. The molecule has 1 saturated carbocycles. The average Bonchev–Trinajstić information content (AvgIpc) is 2.70. The maximum Gasteiger partial charge on any atom is 0.00353 e. The Balaban J connectivity index is 2.23. The topological polar surface area (TPSA) is 29.3 Å². The molecule has 11 heavy (non-hydrogen) atoms. The van der Waals surface area contributed by atoms with Crippen LogP contribution in [0.1, 0.15) is 26.2 Å². The third-order valence-electron chi connectivity index (χ3n) is 2.78. The molecule has 0 amide bonds. The molecule has 0 bridgehead atoms. The molecule has 0 heterocycles. The third kappa shape index (κ3) is 2.46. The molecular weight excluding hydrogens is 136 g/mol. The predicted octanol–water partition coefficient (Wildman–Crippen LogP) is 1.07. The van der Waals surface area contributed by atoms with Gasteiger partial charge in [0.1, 0.15) is 0 Å². The van der Waals surface area contributed by atoms with Gasteiger partial charge < -0.3 is 10.6 Å². The summed E-state index contributed by atoms with van der Waals surface area (Å²) in [6.07, 6.45) is 4.01. The van der Waals surface area contributed by atoms with Crippen LogP contribution in [-0.2, 0) is 0 Å². The van der Waals surface area contributed by atoms with Crippen molar-refractivity contribution in [2.45, 2.75) is 26.2 Å². The van der Waals surface area contributed by atoms with E-state index < -0.39 is 0 Å². The number of nitrogens with two attached hydrogens (primary N) is 1. The molecule has 2 nitrogen and oxygen atoms in total. The van der Waals surface area contributed by atoms with Crippen molar-refractivity contribution in [1.29, 1.82) is 0 Å². The summed E-state index contributed by atoms with van der Waals surface area (Å²) in [5.41, 5.74) is 6.18. The maximum absolute atomic E-state index is 5.55. The lowest BCUT2D eigenvalue weighted by Gasteiger charge is -2.21. The van der Waals surface area contributed by atoms with Crippen molar-refractivity contribution in [1.82, 2.24) is 4.90 Å². The minimum Gasteiger partial charge on any atom is -0.330 e. The summed E-state index contributed by atoms with van der Waals surface area (Å²) in [6, 6.07) is 0. The highest BCUT2D eigenvalue weighted by molar-refractivity contribution is 4.94. The largest absolute Gasteiger partial charge is 0.330 e. The van der Waals surface area contributed by atoms with Crippen molar-refractivity contribution >= 4 is 0 Å². The quantitative estimate of drug-likeness (QED) is 0.645. The summed E-state index contributed by atoms with van der Waals surface area (Å²) >= 11 is 0. The van der Waals surface area contributed by atoms with Crippen LogP contribution in [0.25, 0.3) is 0 Å². The minimum absolute atomic E-state index is 0.625. The molecule has 0 radical (unpaired) electrons. The SMILES string of the molecule is CCN(C)CC1(CCN)CC1. The summed E-state index contributed by atoms with van der Waals surface area (Å²) in [5.74, 6) is 0. The molecule has 1 aliphatic carbocycles. The first-order valence-corrected chi connectivity index (χ1v) is 4.61. The number of rotatable bonds is 5. The highest BCUT2D eigenvalue weighted by Crippen LogP contribution is 2.48. The average molecular weight is 156 g/mol. The van der Waals surface area contributed by atoms with Crippen molar-refractivity contribution < 1.29 is 0 Å². The zero-order valence-electron chi connectivity index (χ0n) is 7.77. The zero-order valence-corrected chi connectivity index (χ0v) is 7.77. The molecule has 1 fully saturated rings. The van der Waals surface area contributed by atoms with Gasteiger partial charge in [0, 0.05) is 6.54 Å². The van der Waals surface area contributed by atoms with E-state index in [4.69, 9.17) is 5.73 Å². The molecule has 0 spiro atoms. The van der Waals surface area contributed by atoms with Crippen LogP contribution in [0.4, 0.5) is 0 Å². The van der Waals surface area contributed by atoms with E-state index in [1.807, 2.05) is 0 Å². The van der Waals surface area contributed by atoms with Gasteiger partial charge in [-0.15, -0.1) is 0 Å². The fourth-order valence-corrected chi connectivity index (χ4v) is 1.65. The lowest BCUT2D eigenvalue weighted by molar-refractivity contribution is 0.265. The Morgan fingerprint density at radius 3 is 2.45 bits per heavy atom. The van der Waals surface area contributed by atoms with E-state index in [0.29, 0.717) is 5.41 Å². The van der Waals surface area contributed by atoms with Gasteiger partial charge in [0.25, 0.3) is 0 Å². The molecule has 0 atom stereocenters. The zero-order chi connectivity index (χ0) is 8.32. The molecule has 2 N–H and O–H groups in total. The maximum atomic E-state index is 5.55. The smallest absolute Gasteiger partial charge is 0.00353 e. The van der Waals surface area contributed by atoms with Crippen LogP contribution in [0.3, 0.4) is 0 Å². The normalized spacial score (nSPS) is 20.7. The van der Waals surface area contributed by atoms with Crippen LogP contribution in [0.5, 0.6) is 0 Å². The second-order valence-corrected chi connectivity index (χ2v) is 3.87. The van der Waals surface area contributed by atoms with E-state index in [2.05, 4.69) is 18.9 Å². The Bertz CT molecular complexity index is 119. The van der Waals surface area contributed by atoms with Crippen LogP contribution >= 0.6 is 0 Å². The summed E-state index contributed by atoms with van der Waals surface area (Å²) < 4.78 is 0.